The number of alkyl halides is 2. The Hall–Kier alpha value is -2.52. The van der Waals surface area contributed by atoms with Crippen molar-refractivity contribution in [3.63, 3.8) is 0 Å². The second-order valence-corrected chi connectivity index (χ2v) is 7.32. The number of amides is 1. The van der Waals surface area contributed by atoms with Crippen molar-refractivity contribution in [2.45, 2.75) is 10.7 Å². The summed E-state index contributed by atoms with van der Waals surface area (Å²) in [5, 5.41) is 2.70. The molecule has 0 saturated carbocycles. The van der Waals surface area contributed by atoms with E-state index in [0.29, 0.717) is 0 Å². The number of ether oxygens (including phenoxy) is 1. The molecule has 0 saturated heterocycles. The summed E-state index contributed by atoms with van der Waals surface area (Å²) in [6.07, 6.45) is 0. The SMILES string of the molecule is COC(=O)c1ccc(Cl)cc1NC(=O)c1ccc(S(=O)(=O)C(F)F)cc1. The number of esters is 1. The van der Waals surface area contributed by atoms with E-state index in [1.807, 2.05) is 0 Å². The molecule has 0 radical (unpaired) electrons. The smallest absolute Gasteiger partial charge is 0.341 e. The molecule has 26 heavy (non-hydrogen) atoms. The topological polar surface area (TPSA) is 89.5 Å². The summed E-state index contributed by atoms with van der Waals surface area (Å²) in [4.78, 5) is 23.4. The van der Waals surface area contributed by atoms with Gasteiger partial charge in [-0.15, -0.1) is 0 Å². The Morgan fingerprint density at radius 3 is 2.27 bits per heavy atom. The number of hydrogen-bond donors (Lipinski definition) is 1. The molecular formula is C16H12ClF2NO5S. The molecule has 0 bridgehead atoms. The van der Waals surface area contributed by atoms with Crippen LogP contribution in [-0.2, 0) is 14.6 Å². The number of carbonyl (C=O) groups excluding carboxylic acids is 2. The number of nitrogens with one attached hydrogen (secondary N) is 1. The highest BCUT2D eigenvalue weighted by atomic mass is 35.5. The van der Waals surface area contributed by atoms with Gasteiger partial charge >= 0.3 is 11.7 Å². The van der Waals surface area contributed by atoms with E-state index in [-0.39, 0.29) is 21.8 Å². The van der Waals surface area contributed by atoms with Crippen molar-refractivity contribution in [2.75, 3.05) is 12.4 Å². The summed E-state index contributed by atoms with van der Waals surface area (Å²) < 4.78 is 52.4. The van der Waals surface area contributed by atoms with Crippen LogP contribution in [0.2, 0.25) is 5.02 Å². The first-order valence-electron chi connectivity index (χ1n) is 6.98. The van der Waals surface area contributed by atoms with Crippen molar-refractivity contribution in [1.82, 2.24) is 0 Å². The first-order chi connectivity index (χ1) is 12.2. The summed E-state index contributed by atoms with van der Waals surface area (Å²) in [5.41, 5.74) is 0.134. The van der Waals surface area contributed by atoms with Crippen molar-refractivity contribution >= 4 is 39.0 Å². The van der Waals surface area contributed by atoms with E-state index < -0.39 is 32.4 Å². The van der Waals surface area contributed by atoms with Crippen LogP contribution >= 0.6 is 11.6 Å². The molecule has 0 aromatic heterocycles. The highest BCUT2D eigenvalue weighted by Crippen LogP contribution is 2.23. The van der Waals surface area contributed by atoms with E-state index in [1.165, 1.54) is 25.3 Å². The van der Waals surface area contributed by atoms with E-state index in [9.17, 15) is 26.8 Å². The van der Waals surface area contributed by atoms with Crippen molar-refractivity contribution in [3.8, 4) is 0 Å². The van der Waals surface area contributed by atoms with Crippen molar-refractivity contribution in [2.24, 2.45) is 0 Å². The van der Waals surface area contributed by atoms with Crippen LogP contribution < -0.4 is 5.32 Å². The van der Waals surface area contributed by atoms with E-state index in [2.05, 4.69) is 10.1 Å². The molecule has 0 heterocycles. The fraction of sp³-hybridized carbons (Fsp3) is 0.125. The zero-order chi connectivity index (χ0) is 19.5. The van der Waals surface area contributed by atoms with Gasteiger partial charge in [-0.1, -0.05) is 11.6 Å². The Morgan fingerprint density at radius 1 is 1.12 bits per heavy atom. The monoisotopic (exact) mass is 403 g/mol. The lowest BCUT2D eigenvalue weighted by molar-refractivity contribution is 0.0602. The maximum atomic E-state index is 12.5. The quantitative estimate of drug-likeness (QED) is 0.773. The molecule has 0 spiro atoms. The van der Waals surface area contributed by atoms with Gasteiger partial charge < -0.3 is 10.1 Å². The van der Waals surface area contributed by atoms with Crippen LogP contribution in [0, 0.1) is 0 Å². The van der Waals surface area contributed by atoms with Gasteiger partial charge in [0.25, 0.3) is 5.91 Å². The molecule has 0 fully saturated rings. The predicted molar refractivity (Wildman–Crippen MR) is 90.4 cm³/mol. The lowest BCUT2D eigenvalue weighted by atomic mass is 10.1. The van der Waals surface area contributed by atoms with Gasteiger partial charge in [-0.25, -0.2) is 13.2 Å². The minimum atomic E-state index is -4.75. The number of hydrogen-bond acceptors (Lipinski definition) is 5. The van der Waals surface area contributed by atoms with E-state index in [1.54, 1.807) is 0 Å². The average molecular weight is 404 g/mol. The molecule has 1 amide bonds. The van der Waals surface area contributed by atoms with Gasteiger partial charge in [-0.05, 0) is 42.5 Å². The van der Waals surface area contributed by atoms with E-state index in [0.717, 1.165) is 24.3 Å². The summed E-state index contributed by atoms with van der Waals surface area (Å²) in [5.74, 6) is -4.95. The Labute approximate surface area is 152 Å². The molecule has 0 atom stereocenters. The van der Waals surface area contributed by atoms with Crippen LogP contribution in [0.1, 0.15) is 20.7 Å². The number of carbonyl (C=O) groups is 2. The fourth-order valence-electron chi connectivity index (χ4n) is 2.00. The third-order valence-corrected chi connectivity index (χ3v) is 4.95. The highest BCUT2D eigenvalue weighted by Gasteiger charge is 2.26. The van der Waals surface area contributed by atoms with Gasteiger partial charge in [-0.3, -0.25) is 4.79 Å². The van der Waals surface area contributed by atoms with Gasteiger partial charge in [0.05, 0.1) is 23.3 Å². The third-order valence-electron chi connectivity index (χ3n) is 3.31. The standard InChI is InChI=1S/C16H12ClF2NO5S/c1-25-15(22)12-7-4-10(17)8-13(12)20-14(21)9-2-5-11(6-3-9)26(23,24)16(18)19/h2-8,16H,1H3,(H,20,21). The van der Waals surface area contributed by atoms with Crippen LogP contribution in [0.3, 0.4) is 0 Å². The molecule has 6 nitrogen and oxygen atoms in total. The maximum Gasteiger partial charge on any atom is 0.341 e. The molecular weight excluding hydrogens is 392 g/mol. The number of rotatable bonds is 5. The number of sulfone groups is 1. The normalized spacial score (nSPS) is 11.3. The first-order valence-corrected chi connectivity index (χ1v) is 8.90. The molecule has 2 rings (SSSR count). The molecule has 0 aliphatic carbocycles. The molecule has 2 aromatic carbocycles. The van der Waals surface area contributed by atoms with Gasteiger partial charge in [0.1, 0.15) is 0 Å². The summed E-state index contributed by atoms with van der Waals surface area (Å²) in [6, 6.07) is 8.09. The number of anilines is 1. The Morgan fingerprint density at radius 2 is 1.73 bits per heavy atom. The van der Waals surface area contributed by atoms with Gasteiger partial charge in [-0.2, -0.15) is 8.78 Å². The summed E-state index contributed by atoms with van der Waals surface area (Å²) in [6.45, 7) is 0. The molecule has 0 unspecified atom stereocenters. The van der Waals surface area contributed by atoms with Crippen LogP contribution in [0.5, 0.6) is 0 Å². The van der Waals surface area contributed by atoms with Crippen LogP contribution in [-0.4, -0.2) is 33.2 Å². The minimum absolute atomic E-state index is 0.00555. The fourth-order valence-corrected chi connectivity index (χ4v) is 2.89. The highest BCUT2D eigenvalue weighted by molar-refractivity contribution is 7.91. The molecule has 0 aliphatic heterocycles. The number of halogens is 3. The van der Waals surface area contributed by atoms with Crippen molar-refractivity contribution in [1.29, 1.82) is 0 Å². The second-order valence-electron chi connectivity index (χ2n) is 4.97. The minimum Gasteiger partial charge on any atom is -0.465 e. The molecule has 2 aromatic rings. The summed E-state index contributed by atoms with van der Waals surface area (Å²) in [7, 11) is -3.58. The Kier molecular flexibility index (Phi) is 5.94. The lowest BCUT2D eigenvalue weighted by Crippen LogP contribution is -2.16. The van der Waals surface area contributed by atoms with Crippen LogP contribution in [0.25, 0.3) is 0 Å². The van der Waals surface area contributed by atoms with Crippen LogP contribution in [0.15, 0.2) is 47.4 Å². The Balaban J connectivity index is 2.29. The van der Waals surface area contributed by atoms with Gasteiger partial charge in [0, 0.05) is 10.6 Å². The second kappa shape index (κ2) is 7.79. The maximum absolute atomic E-state index is 12.5. The predicted octanol–water partition coefficient (Wildman–Crippen LogP) is 3.38. The van der Waals surface area contributed by atoms with Crippen molar-refractivity contribution < 1.29 is 31.5 Å². The third kappa shape index (κ3) is 4.17. The van der Waals surface area contributed by atoms with Gasteiger partial charge in [0.2, 0.25) is 9.84 Å². The average Bonchev–Trinajstić information content (AvgIpc) is 2.61. The Bertz CT molecular complexity index is 946. The molecule has 0 aliphatic rings. The largest absolute Gasteiger partial charge is 0.465 e. The zero-order valence-electron chi connectivity index (χ0n) is 13.2. The van der Waals surface area contributed by atoms with Gasteiger partial charge in [0.15, 0.2) is 0 Å². The van der Waals surface area contributed by atoms with Crippen LogP contribution in [0.4, 0.5) is 14.5 Å². The van der Waals surface area contributed by atoms with E-state index in [4.69, 9.17) is 11.6 Å². The zero-order valence-corrected chi connectivity index (χ0v) is 14.8. The lowest BCUT2D eigenvalue weighted by Gasteiger charge is -2.11. The summed E-state index contributed by atoms with van der Waals surface area (Å²) >= 11 is 5.85. The van der Waals surface area contributed by atoms with E-state index >= 15 is 0 Å². The first kappa shape index (κ1) is 19.8. The molecule has 138 valence electrons. The number of methoxy groups -OCH3 is 1. The molecule has 10 heteroatoms. The van der Waals surface area contributed by atoms with Crippen molar-refractivity contribution in [3.05, 3.63) is 58.6 Å². The number of benzene rings is 2. The molecule has 1 N–H and O–H groups in total.